The van der Waals surface area contributed by atoms with Crippen LogP contribution in [0.25, 0.3) is 0 Å². The minimum Gasteiger partial charge on any atom is -0.481 e. The fraction of sp³-hybridized carbons (Fsp3) is 0.633. The highest BCUT2D eigenvalue weighted by atomic mass is 16.4. The molecule has 3 N–H and O–H groups in total. The van der Waals surface area contributed by atoms with E-state index >= 15 is 0 Å². The molecule has 3 rings (SSSR count). The summed E-state index contributed by atoms with van der Waals surface area (Å²) >= 11 is 0. The Kier molecular flexibility index (Phi) is 7.48. The van der Waals surface area contributed by atoms with Gasteiger partial charge in [0.05, 0.1) is 17.1 Å². The third-order valence-electron chi connectivity index (χ3n) is 9.49. The van der Waals surface area contributed by atoms with E-state index in [0.29, 0.717) is 43.3 Å². The fourth-order valence-electron chi connectivity index (χ4n) is 7.47. The number of carboxylic acids is 1. The van der Waals surface area contributed by atoms with E-state index in [1.807, 2.05) is 6.92 Å². The molecule has 0 aliphatic heterocycles. The Morgan fingerprint density at radius 2 is 1.67 bits per heavy atom. The van der Waals surface area contributed by atoms with Crippen molar-refractivity contribution in [2.45, 2.75) is 92.3 Å². The molecule has 0 heterocycles. The van der Waals surface area contributed by atoms with Crippen LogP contribution in [0.3, 0.4) is 0 Å². The van der Waals surface area contributed by atoms with Crippen LogP contribution in [0.5, 0.6) is 0 Å². The van der Waals surface area contributed by atoms with E-state index in [1.165, 1.54) is 6.08 Å². The van der Waals surface area contributed by atoms with Crippen molar-refractivity contribution in [3.8, 4) is 0 Å². The molecule has 0 amide bonds. The maximum atomic E-state index is 13.4. The van der Waals surface area contributed by atoms with Crippen molar-refractivity contribution in [2.75, 3.05) is 0 Å². The number of aliphatic carboxylic acids is 1. The first-order valence-electron chi connectivity index (χ1n) is 13.0. The van der Waals surface area contributed by atoms with E-state index in [1.54, 1.807) is 52.0 Å². The Bertz CT molecular complexity index is 1070. The van der Waals surface area contributed by atoms with Crippen LogP contribution in [0.1, 0.15) is 80.6 Å². The molecule has 0 spiro atoms. The van der Waals surface area contributed by atoms with Gasteiger partial charge in [-0.1, -0.05) is 43.7 Å². The summed E-state index contributed by atoms with van der Waals surface area (Å²) in [5.41, 5.74) is -1.19. The molecule has 3 aliphatic rings. The third kappa shape index (κ3) is 4.70. The topological polar surface area (TPSA) is 112 Å². The largest absolute Gasteiger partial charge is 0.481 e. The highest BCUT2D eigenvalue weighted by molar-refractivity contribution is 6.12. The van der Waals surface area contributed by atoms with Crippen molar-refractivity contribution < 1.29 is 29.7 Å². The molecule has 0 radical (unpaired) electrons. The summed E-state index contributed by atoms with van der Waals surface area (Å²) in [6.07, 6.45) is 10.1. The minimum atomic E-state index is -1.25. The highest BCUT2D eigenvalue weighted by Gasteiger charge is 2.67. The second-order valence-corrected chi connectivity index (χ2v) is 12.5. The molecule has 0 aromatic heterocycles. The van der Waals surface area contributed by atoms with Crippen LogP contribution in [0.2, 0.25) is 0 Å². The average Bonchev–Trinajstić information content (AvgIpc) is 3.04. The zero-order chi connectivity index (χ0) is 27.3. The molecule has 0 aromatic carbocycles. The van der Waals surface area contributed by atoms with E-state index in [4.69, 9.17) is 0 Å². The number of hydrogen-bond donors (Lipinski definition) is 3. The number of carboxylic acid groups (broad SMARTS) is 1. The van der Waals surface area contributed by atoms with Crippen LogP contribution in [-0.4, -0.2) is 44.6 Å². The lowest BCUT2D eigenvalue weighted by Gasteiger charge is -2.61. The number of carbonyl (C=O) groups excluding carboxylic acids is 2. The smallest absolute Gasteiger partial charge is 0.312 e. The Morgan fingerprint density at radius 3 is 2.25 bits per heavy atom. The number of carbonyl (C=O) groups is 3. The number of hydrogen-bond acceptors (Lipinski definition) is 5. The van der Waals surface area contributed by atoms with Crippen LogP contribution in [0.15, 0.2) is 47.1 Å². The lowest BCUT2D eigenvalue weighted by molar-refractivity contribution is -0.194. The third-order valence-corrected chi connectivity index (χ3v) is 9.49. The van der Waals surface area contributed by atoms with Crippen molar-refractivity contribution in [3.05, 3.63) is 47.1 Å². The average molecular weight is 499 g/mol. The maximum Gasteiger partial charge on any atom is 0.312 e. The van der Waals surface area contributed by atoms with E-state index in [0.717, 1.165) is 5.57 Å². The van der Waals surface area contributed by atoms with Crippen molar-refractivity contribution in [2.24, 2.45) is 28.1 Å². The van der Waals surface area contributed by atoms with Gasteiger partial charge in [-0.25, -0.2) is 0 Å². The normalized spacial score (nSPS) is 38.9. The van der Waals surface area contributed by atoms with Gasteiger partial charge in [0.15, 0.2) is 11.6 Å². The number of Topliss-reactive ketones (excluding diaryl/α,β-unsaturated/α-hetero) is 1. The molecular formula is C30H42O6. The van der Waals surface area contributed by atoms with Crippen LogP contribution in [-0.2, 0) is 14.4 Å². The van der Waals surface area contributed by atoms with E-state index in [2.05, 4.69) is 13.8 Å². The lowest BCUT2D eigenvalue weighted by atomic mass is 9.42. The molecule has 0 aromatic rings. The summed E-state index contributed by atoms with van der Waals surface area (Å²) in [5.74, 6) is -1.52. The van der Waals surface area contributed by atoms with Crippen LogP contribution >= 0.6 is 0 Å². The van der Waals surface area contributed by atoms with Crippen molar-refractivity contribution in [3.63, 3.8) is 0 Å². The van der Waals surface area contributed by atoms with Gasteiger partial charge >= 0.3 is 5.97 Å². The molecule has 0 saturated heterocycles. The highest BCUT2D eigenvalue weighted by Crippen LogP contribution is 2.69. The number of allylic oxidation sites excluding steroid dienone is 7. The fourth-order valence-corrected chi connectivity index (χ4v) is 7.47. The van der Waals surface area contributed by atoms with E-state index in [9.17, 15) is 29.7 Å². The standard InChI is InChI=1S/C30H42O6/c1-18(9-8-14-27(3,4)36)10-11-20(31)19(2)25-21(32)17-23-28(5)16-13-24(33)30(7,26(34)35)22(28)12-15-29(23,25)6/h8-11,14,22-24,33,36H,12-13,15-17H2,1-7H3,(H,34,35)/b11-10+,14-8?,18-9?,25-19+/t22-,23+,24-,28+,29+,30-/m1/s1. The summed E-state index contributed by atoms with van der Waals surface area (Å²) in [6.45, 7) is 12.8. The Hall–Kier alpha value is -2.31. The monoisotopic (exact) mass is 498 g/mol. The Morgan fingerprint density at radius 1 is 1.03 bits per heavy atom. The molecule has 0 unspecified atom stereocenters. The number of aliphatic hydroxyl groups is 2. The lowest BCUT2D eigenvalue weighted by Crippen LogP contribution is -2.61. The van der Waals surface area contributed by atoms with Gasteiger partial charge in [-0.3, -0.25) is 14.4 Å². The van der Waals surface area contributed by atoms with Gasteiger partial charge in [-0.2, -0.15) is 0 Å². The van der Waals surface area contributed by atoms with Crippen molar-refractivity contribution >= 4 is 17.5 Å². The molecule has 3 saturated carbocycles. The summed E-state index contributed by atoms with van der Waals surface area (Å²) in [4.78, 5) is 38.8. The number of rotatable bonds is 6. The van der Waals surface area contributed by atoms with Gasteiger partial charge in [-0.05, 0) is 83.6 Å². The molecular weight excluding hydrogens is 456 g/mol. The number of ketones is 2. The second-order valence-electron chi connectivity index (χ2n) is 12.5. The molecule has 3 fully saturated rings. The van der Waals surface area contributed by atoms with Gasteiger partial charge in [0.2, 0.25) is 0 Å². The summed E-state index contributed by atoms with van der Waals surface area (Å²) < 4.78 is 0. The van der Waals surface area contributed by atoms with Crippen LogP contribution < -0.4 is 0 Å². The number of fused-ring (bicyclic) bond motifs is 3. The van der Waals surface area contributed by atoms with Crippen molar-refractivity contribution in [1.82, 2.24) is 0 Å². The van der Waals surface area contributed by atoms with Crippen LogP contribution in [0.4, 0.5) is 0 Å². The Labute approximate surface area is 214 Å². The molecule has 3 aliphatic carbocycles. The zero-order valence-electron chi connectivity index (χ0n) is 22.7. The van der Waals surface area contributed by atoms with Crippen LogP contribution in [0, 0.1) is 28.1 Å². The SMILES string of the molecule is CC(=CC=CC(C)(C)O)/C=C/C(=O)/C(C)=C1\C(=O)C[C@H]2[C@@]3(C)CC[C@@H](O)[C@](C)(C(=O)O)[C@@H]3CC[C@]12C. The zero-order valence-corrected chi connectivity index (χ0v) is 22.7. The van der Waals surface area contributed by atoms with Gasteiger partial charge in [0.25, 0.3) is 0 Å². The first-order chi connectivity index (χ1) is 16.5. The summed E-state index contributed by atoms with van der Waals surface area (Å²) in [5, 5.41) is 30.5. The summed E-state index contributed by atoms with van der Waals surface area (Å²) in [6, 6.07) is 0. The molecule has 6 heteroatoms. The molecule has 6 atom stereocenters. The van der Waals surface area contributed by atoms with E-state index in [-0.39, 0.29) is 23.4 Å². The molecule has 0 bridgehead atoms. The second kappa shape index (κ2) is 9.53. The summed E-state index contributed by atoms with van der Waals surface area (Å²) in [7, 11) is 0. The first-order valence-corrected chi connectivity index (χ1v) is 13.0. The van der Waals surface area contributed by atoms with Gasteiger partial charge in [0.1, 0.15) is 0 Å². The Balaban J connectivity index is 1.93. The maximum absolute atomic E-state index is 13.4. The predicted octanol–water partition coefficient (Wildman–Crippen LogP) is 4.96. The van der Waals surface area contributed by atoms with Crippen molar-refractivity contribution in [1.29, 1.82) is 0 Å². The van der Waals surface area contributed by atoms with E-state index < -0.39 is 33.9 Å². The van der Waals surface area contributed by atoms with Gasteiger partial charge in [0, 0.05) is 23.0 Å². The predicted molar refractivity (Wildman–Crippen MR) is 139 cm³/mol. The minimum absolute atomic E-state index is 0.0212. The van der Waals surface area contributed by atoms with Gasteiger partial charge in [-0.15, -0.1) is 0 Å². The number of aliphatic hydroxyl groups excluding tert-OH is 1. The quantitative estimate of drug-likeness (QED) is 0.353. The molecule has 198 valence electrons. The molecule has 36 heavy (non-hydrogen) atoms. The van der Waals surface area contributed by atoms with Gasteiger partial charge < -0.3 is 15.3 Å². The molecule has 6 nitrogen and oxygen atoms in total. The first kappa shape index (κ1) is 28.3.